The molecule has 1 amide bonds. The highest BCUT2D eigenvalue weighted by Crippen LogP contribution is 2.29. The third kappa shape index (κ3) is 3.66. The van der Waals surface area contributed by atoms with E-state index >= 15 is 0 Å². The molecule has 1 heterocycles. The normalized spacial score (nSPS) is 16.5. The van der Waals surface area contributed by atoms with Gasteiger partial charge in [0.1, 0.15) is 11.5 Å². The summed E-state index contributed by atoms with van der Waals surface area (Å²) in [5.41, 5.74) is 0.382. The van der Waals surface area contributed by atoms with E-state index in [4.69, 9.17) is 0 Å². The third-order valence-corrected chi connectivity index (χ3v) is 3.64. The molecular formula is C14H22N4O. The van der Waals surface area contributed by atoms with Gasteiger partial charge in [0.05, 0.1) is 12.4 Å². The minimum absolute atomic E-state index is 0.132. The number of aromatic nitrogens is 2. The molecule has 2 N–H and O–H groups in total. The Labute approximate surface area is 114 Å². The van der Waals surface area contributed by atoms with Crippen LogP contribution in [0.25, 0.3) is 0 Å². The van der Waals surface area contributed by atoms with Crippen molar-refractivity contribution in [1.29, 1.82) is 0 Å². The minimum atomic E-state index is -0.132. The summed E-state index contributed by atoms with van der Waals surface area (Å²) in [7, 11) is 0. The number of nitrogens with zero attached hydrogens (tertiary/aromatic N) is 2. The standard InChI is InChI=1S/C14H22N4O/c1-3-7-16-13-9-15-8-12(18-13)14(19)17-10(2)11-5-4-6-11/h8-11H,3-7H2,1-2H3,(H,16,18)(H,17,19). The first kappa shape index (κ1) is 13.8. The van der Waals surface area contributed by atoms with E-state index in [-0.39, 0.29) is 11.9 Å². The van der Waals surface area contributed by atoms with Crippen molar-refractivity contribution in [2.45, 2.75) is 45.6 Å². The Bertz CT molecular complexity index is 431. The van der Waals surface area contributed by atoms with Gasteiger partial charge >= 0.3 is 0 Å². The van der Waals surface area contributed by atoms with E-state index in [1.165, 1.54) is 25.5 Å². The summed E-state index contributed by atoms with van der Waals surface area (Å²) < 4.78 is 0. The zero-order valence-corrected chi connectivity index (χ0v) is 11.6. The van der Waals surface area contributed by atoms with Gasteiger partial charge in [-0.05, 0) is 32.1 Å². The number of nitrogens with one attached hydrogen (secondary N) is 2. The number of amides is 1. The van der Waals surface area contributed by atoms with Gasteiger partial charge in [-0.3, -0.25) is 9.78 Å². The minimum Gasteiger partial charge on any atom is -0.369 e. The van der Waals surface area contributed by atoms with Crippen LogP contribution in [0.4, 0.5) is 5.82 Å². The third-order valence-electron chi connectivity index (χ3n) is 3.64. The molecule has 5 heteroatoms. The fraction of sp³-hybridized carbons (Fsp3) is 0.643. The van der Waals surface area contributed by atoms with E-state index in [0.717, 1.165) is 13.0 Å². The summed E-state index contributed by atoms with van der Waals surface area (Å²) in [6.07, 6.45) is 7.87. The Balaban J connectivity index is 1.93. The molecule has 2 rings (SSSR count). The summed E-state index contributed by atoms with van der Waals surface area (Å²) in [5.74, 6) is 1.15. The average molecular weight is 262 g/mol. The Kier molecular flexibility index (Phi) is 4.71. The van der Waals surface area contributed by atoms with Crippen molar-refractivity contribution in [3.05, 3.63) is 18.1 Å². The van der Waals surface area contributed by atoms with Crippen molar-refractivity contribution < 1.29 is 4.79 Å². The molecule has 1 atom stereocenters. The number of hydrogen-bond donors (Lipinski definition) is 2. The summed E-state index contributed by atoms with van der Waals surface area (Å²) in [4.78, 5) is 20.4. The van der Waals surface area contributed by atoms with Crippen LogP contribution in [-0.4, -0.2) is 28.5 Å². The van der Waals surface area contributed by atoms with Gasteiger partial charge in [0.15, 0.2) is 0 Å². The number of carbonyl (C=O) groups is 1. The van der Waals surface area contributed by atoms with Crippen molar-refractivity contribution in [2.75, 3.05) is 11.9 Å². The molecule has 1 fully saturated rings. The van der Waals surface area contributed by atoms with E-state index in [9.17, 15) is 4.79 Å². The smallest absolute Gasteiger partial charge is 0.271 e. The summed E-state index contributed by atoms with van der Waals surface area (Å²) in [5, 5.41) is 6.15. The molecule has 0 spiro atoms. The van der Waals surface area contributed by atoms with Crippen LogP contribution in [-0.2, 0) is 0 Å². The molecule has 0 saturated heterocycles. The molecule has 1 aromatic rings. The molecule has 0 radical (unpaired) electrons. The van der Waals surface area contributed by atoms with E-state index in [2.05, 4.69) is 34.4 Å². The molecular weight excluding hydrogens is 240 g/mol. The lowest BCUT2D eigenvalue weighted by Crippen LogP contribution is -2.41. The fourth-order valence-electron chi connectivity index (χ4n) is 2.15. The highest BCUT2D eigenvalue weighted by molar-refractivity contribution is 5.92. The van der Waals surface area contributed by atoms with Crippen molar-refractivity contribution in [1.82, 2.24) is 15.3 Å². The largest absolute Gasteiger partial charge is 0.369 e. The van der Waals surface area contributed by atoms with E-state index in [0.29, 0.717) is 17.4 Å². The molecule has 1 unspecified atom stereocenters. The molecule has 0 aliphatic heterocycles. The Morgan fingerprint density at radius 1 is 1.47 bits per heavy atom. The Morgan fingerprint density at radius 2 is 2.26 bits per heavy atom. The van der Waals surface area contributed by atoms with Gasteiger partial charge in [0.2, 0.25) is 0 Å². The maximum Gasteiger partial charge on any atom is 0.271 e. The quantitative estimate of drug-likeness (QED) is 0.825. The predicted molar refractivity (Wildman–Crippen MR) is 75.1 cm³/mol. The van der Waals surface area contributed by atoms with Gasteiger partial charge in [-0.1, -0.05) is 13.3 Å². The summed E-state index contributed by atoms with van der Waals surface area (Å²) >= 11 is 0. The lowest BCUT2D eigenvalue weighted by atomic mass is 9.80. The van der Waals surface area contributed by atoms with Gasteiger partial charge < -0.3 is 10.6 Å². The number of anilines is 1. The zero-order valence-electron chi connectivity index (χ0n) is 11.6. The van der Waals surface area contributed by atoms with Crippen LogP contribution in [0.1, 0.15) is 50.0 Å². The maximum absolute atomic E-state index is 12.1. The molecule has 19 heavy (non-hydrogen) atoms. The van der Waals surface area contributed by atoms with E-state index < -0.39 is 0 Å². The van der Waals surface area contributed by atoms with Gasteiger partial charge in [0, 0.05) is 12.6 Å². The monoisotopic (exact) mass is 262 g/mol. The van der Waals surface area contributed by atoms with Crippen LogP contribution >= 0.6 is 0 Å². The number of carbonyl (C=O) groups excluding carboxylic acids is 1. The zero-order chi connectivity index (χ0) is 13.7. The van der Waals surface area contributed by atoms with Crippen LogP contribution < -0.4 is 10.6 Å². The Morgan fingerprint density at radius 3 is 2.89 bits per heavy atom. The Hall–Kier alpha value is -1.65. The molecule has 1 aliphatic carbocycles. The second-order valence-electron chi connectivity index (χ2n) is 5.17. The van der Waals surface area contributed by atoms with Crippen LogP contribution in [0.15, 0.2) is 12.4 Å². The number of rotatable bonds is 6. The van der Waals surface area contributed by atoms with E-state index in [1.54, 1.807) is 6.20 Å². The first-order chi connectivity index (χ1) is 9.20. The lowest BCUT2D eigenvalue weighted by molar-refractivity contribution is 0.0904. The lowest BCUT2D eigenvalue weighted by Gasteiger charge is -2.31. The van der Waals surface area contributed by atoms with Crippen LogP contribution in [0.3, 0.4) is 0 Å². The molecule has 1 saturated carbocycles. The highest BCUT2D eigenvalue weighted by atomic mass is 16.1. The second-order valence-corrected chi connectivity index (χ2v) is 5.17. The summed E-state index contributed by atoms with van der Waals surface area (Å²) in [6, 6.07) is 0.218. The van der Waals surface area contributed by atoms with Crippen molar-refractivity contribution in [2.24, 2.45) is 5.92 Å². The van der Waals surface area contributed by atoms with Crippen molar-refractivity contribution in [3.8, 4) is 0 Å². The molecule has 1 aromatic heterocycles. The average Bonchev–Trinajstić information content (AvgIpc) is 2.34. The number of hydrogen-bond acceptors (Lipinski definition) is 4. The van der Waals surface area contributed by atoms with Crippen molar-refractivity contribution >= 4 is 11.7 Å². The SMILES string of the molecule is CCCNc1cncc(C(=O)NC(C)C2CCC2)n1. The van der Waals surface area contributed by atoms with E-state index in [1.807, 2.05) is 0 Å². The van der Waals surface area contributed by atoms with Crippen molar-refractivity contribution in [3.63, 3.8) is 0 Å². The van der Waals surface area contributed by atoms with Gasteiger partial charge in [-0.25, -0.2) is 4.98 Å². The highest BCUT2D eigenvalue weighted by Gasteiger charge is 2.25. The molecule has 1 aliphatic rings. The molecule has 0 bridgehead atoms. The summed E-state index contributed by atoms with van der Waals surface area (Å²) in [6.45, 7) is 4.98. The van der Waals surface area contributed by atoms with Crippen LogP contribution in [0.5, 0.6) is 0 Å². The van der Waals surface area contributed by atoms with Gasteiger partial charge in [-0.2, -0.15) is 0 Å². The van der Waals surface area contributed by atoms with Crippen LogP contribution in [0.2, 0.25) is 0 Å². The first-order valence-corrected chi connectivity index (χ1v) is 7.07. The predicted octanol–water partition coefficient (Wildman–Crippen LogP) is 2.22. The fourth-order valence-corrected chi connectivity index (χ4v) is 2.15. The molecule has 104 valence electrons. The van der Waals surface area contributed by atoms with Gasteiger partial charge in [0.25, 0.3) is 5.91 Å². The molecule has 0 aromatic carbocycles. The second kappa shape index (κ2) is 6.50. The maximum atomic E-state index is 12.1. The van der Waals surface area contributed by atoms with Gasteiger partial charge in [-0.15, -0.1) is 0 Å². The van der Waals surface area contributed by atoms with Crippen LogP contribution in [0, 0.1) is 5.92 Å². The topological polar surface area (TPSA) is 66.9 Å². The first-order valence-electron chi connectivity index (χ1n) is 7.07. The molecule has 5 nitrogen and oxygen atoms in total.